The van der Waals surface area contributed by atoms with Crippen LogP contribution in [0.15, 0.2) is 45.2 Å². The Morgan fingerprint density at radius 3 is 2.69 bits per heavy atom. The Balaban J connectivity index is 1.99. The molecule has 2 heterocycles. The molecule has 1 N–H and O–H groups in total. The number of hydrogen-bond acceptors (Lipinski definition) is 6. The van der Waals surface area contributed by atoms with E-state index in [0.29, 0.717) is 31.2 Å². The summed E-state index contributed by atoms with van der Waals surface area (Å²) in [7, 11) is 3.17. The fraction of sp³-hybridized carbons (Fsp3) is 0.423. The lowest BCUT2D eigenvalue weighted by molar-refractivity contribution is 0.0422. The number of carbonyl (C=O) groups is 1. The quantitative estimate of drug-likeness (QED) is 0.434. The maximum atomic E-state index is 13.6. The average molecular weight is 502 g/mol. The Labute approximate surface area is 209 Å². The second-order valence-electron chi connectivity index (χ2n) is 8.38. The highest BCUT2D eigenvalue weighted by Crippen LogP contribution is 2.29. The number of aryl methyl sites for hydroxylation is 1. The number of halogens is 1. The average Bonchev–Trinajstić information content (AvgIpc) is 2.82. The van der Waals surface area contributed by atoms with Crippen molar-refractivity contribution >= 4 is 22.7 Å². The van der Waals surface area contributed by atoms with Crippen LogP contribution in [0.4, 0.5) is 4.39 Å². The molecule has 1 aromatic carbocycles. The molecule has 188 valence electrons. The van der Waals surface area contributed by atoms with Crippen molar-refractivity contribution < 1.29 is 19.0 Å². The van der Waals surface area contributed by atoms with Crippen LogP contribution < -0.4 is 5.43 Å². The van der Waals surface area contributed by atoms with E-state index in [1.807, 2.05) is 26.8 Å². The Morgan fingerprint density at radius 2 is 2.09 bits per heavy atom. The molecule has 0 saturated heterocycles. The summed E-state index contributed by atoms with van der Waals surface area (Å²) in [5.41, 5.74) is 1.40. The molecule has 7 nitrogen and oxygen atoms in total. The van der Waals surface area contributed by atoms with Gasteiger partial charge in [-0.25, -0.2) is 4.39 Å². The van der Waals surface area contributed by atoms with Crippen molar-refractivity contribution in [3.63, 3.8) is 0 Å². The first-order valence-corrected chi connectivity index (χ1v) is 12.4. The summed E-state index contributed by atoms with van der Waals surface area (Å²) < 4.78 is 20.5. The number of thioether (sulfide) groups is 1. The van der Waals surface area contributed by atoms with Crippen molar-refractivity contribution in [2.45, 2.75) is 46.2 Å². The summed E-state index contributed by atoms with van der Waals surface area (Å²) in [6.07, 6.45) is 4.98. The molecule has 0 fully saturated rings. The van der Waals surface area contributed by atoms with E-state index >= 15 is 0 Å². The molecule has 0 spiro atoms. The van der Waals surface area contributed by atoms with E-state index in [-0.39, 0.29) is 23.1 Å². The highest BCUT2D eigenvalue weighted by Gasteiger charge is 2.35. The molecule has 1 amide bonds. The molecule has 0 radical (unpaired) electrons. The molecule has 3 rings (SSSR count). The fourth-order valence-electron chi connectivity index (χ4n) is 4.30. The van der Waals surface area contributed by atoms with Crippen molar-refractivity contribution in [2.75, 3.05) is 27.3 Å². The first-order chi connectivity index (χ1) is 16.7. The first-order valence-electron chi connectivity index (χ1n) is 11.6. The predicted octanol–water partition coefficient (Wildman–Crippen LogP) is 4.14. The molecule has 0 aliphatic carbocycles. The van der Waals surface area contributed by atoms with Gasteiger partial charge >= 0.3 is 0 Å². The van der Waals surface area contributed by atoms with Crippen LogP contribution in [0.2, 0.25) is 0 Å². The number of amides is 1. The number of aromatic hydroxyl groups is 1. The third kappa shape index (κ3) is 5.67. The molecular formula is C26H32FN3O4S. The maximum Gasteiger partial charge on any atom is 0.274 e. The molecule has 1 aliphatic heterocycles. The van der Waals surface area contributed by atoms with Crippen LogP contribution in [-0.2, 0) is 17.7 Å². The van der Waals surface area contributed by atoms with Crippen LogP contribution in [0.3, 0.4) is 0 Å². The maximum absolute atomic E-state index is 13.6. The van der Waals surface area contributed by atoms with Crippen molar-refractivity contribution in [2.24, 2.45) is 4.99 Å². The van der Waals surface area contributed by atoms with Crippen LogP contribution in [0.25, 0.3) is 0 Å². The zero-order valence-electron chi connectivity index (χ0n) is 20.8. The highest BCUT2D eigenvalue weighted by molar-refractivity contribution is 8.17. The third-order valence-electron chi connectivity index (χ3n) is 6.03. The summed E-state index contributed by atoms with van der Waals surface area (Å²) in [6.45, 7) is 6.89. The number of methoxy groups -OCH3 is 1. The zero-order valence-corrected chi connectivity index (χ0v) is 21.6. The molecular weight excluding hydrogens is 469 g/mol. The first kappa shape index (κ1) is 26.7. The standard InChI is InChI=1S/C26H32FN3O4S/c1-6-8-20(12-17-9-10-18(27)11-16(17)3)35-25(28-4)21-14-29-13-19(15-34-5)30(7-2)26(33)22(29)24(32)23(21)31/h8-11,14,19,32H,6-7,12-13,15H2,1-5H3/b20-8+,28-25?/t19-/m0/s1. The summed E-state index contributed by atoms with van der Waals surface area (Å²) in [6, 6.07) is 4.48. The van der Waals surface area contributed by atoms with Crippen molar-refractivity contribution in [3.05, 3.63) is 73.8 Å². The molecule has 1 atom stereocenters. The van der Waals surface area contributed by atoms with Gasteiger partial charge in [0.05, 0.1) is 18.2 Å². The number of hydrogen-bond donors (Lipinski definition) is 1. The number of aromatic nitrogens is 1. The zero-order chi connectivity index (χ0) is 25.7. The van der Waals surface area contributed by atoms with Crippen LogP contribution in [0.5, 0.6) is 5.75 Å². The minimum atomic E-state index is -0.632. The van der Waals surface area contributed by atoms with Crippen LogP contribution in [-0.4, -0.2) is 58.9 Å². The number of likely N-dealkylation sites (N-methyl/N-ethyl adjacent to an activating group) is 1. The number of fused-ring (bicyclic) bond motifs is 1. The van der Waals surface area contributed by atoms with Gasteiger partial charge in [0.25, 0.3) is 5.91 Å². The molecule has 0 saturated carbocycles. The number of benzene rings is 1. The van der Waals surface area contributed by atoms with Crippen LogP contribution in [0, 0.1) is 12.7 Å². The van der Waals surface area contributed by atoms with Gasteiger partial charge in [-0.3, -0.25) is 14.6 Å². The number of carbonyl (C=O) groups excluding carboxylic acids is 1. The monoisotopic (exact) mass is 501 g/mol. The van der Waals surface area contributed by atoms with Crippen molar-refractivity contribution in [1.29, 1.82) is 0 Å². The molecule has 1 aromatic heterocycles. The summed E-state index contributed by atoms with van der Waals surface area (Å²) in [5, 5.41) is 11.2. The number of ether oxygens (including phenoxy) is 1. The SMILES string of the molecule is CC/C=C(\Cc1ccc(F)cc1C)SC(=NC)c1cn2c(c(O)c1=O)C(=O)N(CC)[C@H](COC)C2. The molecule has 2 aromatic rings. The smallest absolute Gasteiger partial charge is 0.274 e. The molecule has 0 bridgehead atoms. The van der Waals surface area contributed by atoms with E-state index in [1.165, 1.54) is 23.9 Å². The van der Waals surface area contributed by atoms with Gasteiger partial charge in [-0.2, -0.15) is 0 Å². The number of nitrogens with zero attached hydrogens (tertiary/aromatic N) is 3. The van der Waals surface area contributed by atoms with E-state index in [4.69, 9.17) is 4.74 Å². The fourth-order valence-corrected chi connectivity index (χ4v) is 5.38. The number of pyridine rings is 1. The minimum absolute atomic E-state index is 0.0142. The van der Waals surface area contributed by atoms with E-state index < -0.39 is 17.1 Å². The Hall–Kier alpha value is -2.91. The van der Waals surface area contributed by atoms with Crippen LogP contribution >= 0.6 is 11.8 Å². The molecule has 35 heavy (non-hydrogen) atoms. The lowest BCUT2D eigenvalue weighted by Crippen LogP contribution is -2.51. The van der Waals surface area contributed by atoms with E-state index in [1.54, 1.807) is 35.9 Å². The van der Waals surface area contributed by atoms with Crippen LogP contribution in [0.1, 0.15) is 47.4 Å². The summed E-state index contributed by atoms with van der Waals surface area (Å²) >= 11 is 1.34. The second kappa shape index (κ2) is 11.7. The van der Waals surface area contributed by atoms with Gasteiger partial charge in [0, 0.05) is 39.9 Å². The van der Waals surface area contributed by atoms with Gasteiger partial charge in [0.1, 0.15) is 10.9 Å². The predicted molar refractivity (Wildman–Crippen MR) is 138 cm³/mol. The third-order valence-corrected chi connectivity index (χ3v) is 7.20. The van der Waals surface area contributed by atoms with Crippen molar-refractivity contribution in [3.8, 4) is 5.75 Å². The lowest BCUT2D eigenvalue weighted by atomic mass is 10.1. The molecule has 0 unspecified atom stereocenters. The number of aliphatic imine (C=N–C) groups is 1. The second-order valence-corrected chi connectivity index (χ2v) is 9.49. The van der Waals surface area contributed by atoms with E-state index in [9.17, 15) is 19.1 Å². The largest absolute Gasteiger partial charge is 0.503 e. The highest BCUT2D eigenvalue weighted by atomic mass is 32.2. The van der Waals surface area contributed by atoms with E-state index in [0.717, 1.165) is 22.5 Å². The van der Waals surface area contributed by atoms with Gasteiger partial charge in [0.15, 0.2) is 11.4 Å². The Bertz CT molecular complexity index is 1220. The van der Waals surface area contributed by atoms with E-state index in [2.05, 4.69) is 4.99 Å². The molecule has 1 aliphatic rings. The number of rotatable bonds is 8. The molecule has 9 heteroatoms. The van der Waals surface area contributed by atoms with Gasteiger partial charge < -0.3 is 19.3 Å². The normalized spacial score (nSPS) is 16.6. The number of allylic oxidation sites excluding steroid dienone is 2. The van der Waals surface area contributed by atoms with Gasteiger partial charge in [-0.1, -0.05) is 30.8 Å². The van der Waals surface area contributed by atoms with Gasteiger partial charge in [-0.05, 0) is 48.4 Å². The Morgan fingerprint density at radius 1 is 1.34 bits per heavy atom. The lowest BCUT2D eigenvalue weighted by Gasteiger charge is -2.37. The summed E-state index contributed by atoms with van der Waals surface area (Å²) in [5.74, 6) is -1.25. The topological polar surface area (TPSA) is 84.1 Å². The summed E-state index contributed by atoms with van der Waals surface area (Å²) in [4.78, 5) is 33.1. The van der Waals surface area contributed by atoms with Gasteiger partial charge in [0.2, 0.25) is 5.43 Å². The Kier molecular flexibility index (Phi) is 8.91. The minimum Gasteiger partial charge on any atom is -0.503 e. The van der Waals surface area contributed by atoms with Crippen molar-refractivity contribution in [1.82, 2.24) is 9.47 Å². The van der Waals surface area contributed by atoms with Gasteiger partial charge in [-0.15, -0.1) is 0 Å².